The topological polar surface area (TPSA) is 67.6 Å². The molecule has 2 atom stereocenters. The van der Waals surface area contributed by atoms with Gasteiger partial charge in [0.1, 0.15) is 5.75 Å². The lowest BCUT2D eigenvalue weighted by molar-refractivity contribution is -0.125. The van der Waals surface area contributed by atoms with Gasteiger partial charge in [-0.15, -0.1) is 0 Å². The van der Waals surface area contributed by atoms with E-state index >= 15 is 0 Å². The predicted octanol–water partition coefficient (Wildman–Crippen LogP) is 0.385. The molecule has 1 amide bonds. The van der Waals surface area contributed by atoms with E-state index in [1.807, 2.05) is 36.2 Å². The summed E-state index contributed by atoms with van der Waals surface area (Å²) < 4.78 is 5.18. The molecular formula is C15H23N3O2. The largest absolute Gasteiger partial charge is 0.497 e. The average Bonchev–Trinajstić information content (AvgIpc) is 2.78. The van der Waals surface area contributed by atoms with Gasteiger partial charge in [-0.3, -0.25) is 9.69 Å². The summed E-state index contributed by atoms with van der Waals surface area (Å²) in [6.45, 7) is 1.42. The number of likely N-dealkylation sites (tertiary alicyclic amines) is 1. The van der Waals surface area contributed by atoms with Crippen molar-refractivity contribution in [2.24, 2.45) is 5.73 Å². The zero-order valence-electron chi connectivity index (χ0n) is 12.1. The summed E-state index contributed by atoms with van der Waals surface area (Å²) in [5, 5.41) is 2.98. The summed E-state index contributed by atoms with van der Waals surface area (Å²) in [5.74, 6) is 0.915. The molecule has 1 aromatic rings. The third-order valence-corrected chi connectivity index (χ3v) is 3.73. The number of hydrogen-bond donors (Lipinski definition) is 2. The van der Waals surface area contributed by atoms with E-state index in [1.165, 1.54) is 0 Å². The Hall–Kier alpha value is -1.59. The van der Waals surface area contributed by atoms with E-state index in [1.54, 1.807) is 7.11 Å². The quantitative estimate of drug-likeness (QED) is 0.817. The van der Waals surface area contributed by atoms with E-state index in [4.69, 9.17) is 10.5 Å². The molecule has 1 heterocycles. The number of nitrogens with one attached hydrogen (secondary N) is 1. The molecule has 5 heteroatoms. The lowest BCUT2D eigenvalue weighted by atomic mass is 10.1. The Balaban J connectivity index is 1.79. The first-order chi connectivity index (χ1) is 9.60. The number of nitrogens with zero attached hydrogens (tertiary/aromatic N) is 1. The summed E-state index contributed by atoms with van der Waals surface area (Å²) in [7, 11) is 3.60. The predicted molar refractivity (Wildman–Crippen MR) is 78.7 cm³/mol. The number of ether oxygens (including phenoxy) is 1. The first-order valence-electron chi connectivity index (χ1n) is 6.96. The Labute approximate surface area is 120 Å². The van der Waals surface area contributed by atoms with E-state index in [0.29, 0.717) is 6.54 Å². The zero-order valence-corrected chi connectivity index (χ0v) is 12.1. The number of benzene rings is 1. The fourth-order valence-corrected chi connectivity index (χ4v) is 2.62. The highest BCUT2D eigenvalue weighted by Crippen LogP contribution is 2.15. The van der Waals surface area contributed by atoms with Gasteiger partial charge < -0.3 is 15.8 Å². The number of methoxy groups -OCH3 is 1. The number of amides is 1. The van der Waals surface area contributed by atoms with Crippen LogP contribution in [0.4, 0.5) is 0 Å². The maximum absolute atomic E-state index is 12.1. The second-order valence-corrected chi connectivity index (χ2v) is 5.34. The standard InChI is InChI=1S/C15H23N3O2/c1-18-10-12(16)9-14(18)15(19)17-7-6-11-4-3-5-13(8-11)20-2/h3-5,8,12,14H,6-7,9-10,16H2,1-2H3,(H,17,19)/t12-,14-/m0/s1. The Bertz CT molecular complexity index is 464. The summed E-state index contributed by atoms with van der Waals surface area (Å²) in [6, 6.07) is 7.91. The van der Waals surface area contributed by atoms with E-state index in [9.17, 15) is 4.79 Å². The molecule has 1 aliphatic rings. The molecule has 0 aliphatic carbocycles. The minimum absolute atomic E-state index is 0.0725. The van der Waals surface area contributed by atoms with Gasteiger partial charge in [-0.25, -0.2) is 0 Å². The number of nitrogens with two attached hydrogens (primary N) is 1. The van der Waals surface area contributed by atoms with E-state index in [0.717, 1.165) is 30.7 Å². The highest BCUT2D eigenvalue weighted by molar-refractivity contribution is 5.82. The zero-order chi connectivity index (χ0) is 14.5. The van der Waals surface area contributed by atoms with Crippen LogP contribution in [0.15, 0.2) is 24.3 Å². The van der Waals surface area contributed by atoms with Gasteiger partial charge in [0.05, 0.1) is 13.2 Å². The molecule has 0 saturated carbocycles. The molecule has 0 aromatic heterocycles. The van der Waals surface area contributed by atoms with Crippen molar-refractivity contribution < 1.29 is 9.53 Å². The smallest absolute Gasteiger partial charge is 0.237 e. The van der Waals surface area contributed by atoms with Crippen LogP contribution in [0.25, 0.3) is 0 Å². The van der Waals surface area contributed by atoms with Gasteiger partial charge in [0, 0.05) is 19.1 Å². The van der Waals surface area contributed by atoms with Gasteiger partial charge in [-0.05, 0) is 37.6 Å². The number of likely N-dealkylation sites (N-methyl/N-ethyl adjacent to an activating group) is 1. The van der Waals surface area contributed by atoms with Crippen LogP contribution in [0.5, 0.6) is 5.75 Å². The van der Waals surface area contributed by atoms with Gasteiger partial charge in [0.15, 0.2) is 0 Å². The van der Waals surface area contributed by atoms with Gasteiger partial charge >= 0.3 is 0 Å². The second kappa shape index (κ2) is 6.72. The van der Waals surface area contributed by atoms with Crippen LogP contribution >= 0.6 is 0 Å². The Kier molecular flexibility index (Phi) is 4.98. The fraction of sp³-hybridized carbons (Fsp3) is 0.533. The van der Waals surface area contributed by atoms with Crippen molar-refractivity contribution in [1.82, 2.24) is 10.2 Å². The molecule has 0 bridgehead atoms. The van der Waals surface area contributed by atoms with Crippen molar-refractivity contribution in [2.75, 3.05) is 27.2 Å². The van der Waals surface area contributed by atoms with Crippen LogP contribution in [-0.2, 0) is 11.2 Å². The minimum Gasteiger partial charge on any atom is -0.497 e. The number of rotatable bonds is 5. The van der Waals surface area contributed by atoms with Gasteiger partial charge in [0.25, 0.3) is 0 Å². The Morgan fingerprint density at radius 2 is 2.35 bits per heavy atom. The average molecular weight is 277 g/mol. The van der Waals surface area contributed by atoms with Gasteiger partial charge in [0.2, 0.25) is 5.91 Å². The molecule has 2 rings (SSSR count). The van der Waals surface area contributed by atoms with E-state index in [2.05, 4.69) is 5.32 Å². The van der Waals surface area contributed by atoms with E-state index in [-0.39, 0.29) is 18.0 Å². The first-order valence-corrected chi connectivity index (χ1v) is 6.96. The lowest BCUT2D eigenvalue weighted by Crippen LogP contribution is -2.42. The molecule has 20 heavy (non-hydrogen) atoms. The lowest BCUT2D eigenvalue weighted by Gasteiger charge is -2.18. The van der Waals surface area contributed by atoms with Crippen LogP contribution in [0.1, 0.15) is 12.0 Å². The molecule has 1 saturated heterocycles. The molecule has 0 spiro atoms. The SMILES string of the molecule is COc1cccc(CCNC(=O)[C@@H]2C[C@H](N)CN2C)c1. The summed E-state index contributed by atoms with van der Waals surface area (Å²) in [6.07, 6.45) is 1.53. The molecular weight excluding hydrogens is 254 g/mol. The highest BCUT2D eigenvalue weighted by Gasteiger charge is 2.32. The monoisotopic (exact) mass is 277 g/mol. The summed E-state index contributed by atoms with van der Waals surface area (Å²) in [5.41, 5.74) is 7.02. The molecule has 0 unspecified atom stereocenters. The Morgan fingerprint density at radius 3 is 3.00 bits per heavy atom. The number of hydrogen-bond acceptors (Lipinski definition) is 4. The fourth-order valence-electron chi connectivity index (χ4n) is 2.62. The highest BCUT2D eigenvalue weighted by atomic mass is 16.5. The van der Waals surface area contributed by atoms with Crippen LogP contribution < -0.4 is 15.8 Å². The maximum Gasteiger partial charge on any atom is 0.237 e. The van der Waals surface area contributed by atoms with E-state index < -0.39 is 0 Å². The van der Waals surface area contributed by atoms with Crippen LogP contribution in [-0.4, -0.2) is 50.1 Å². The minimum atomic E-state index is -0.0877. The van der Waals surface area contributed by atoms with Gasteiger partial charge in [-0.1, -0.05) is 12.1 Å². The van der Waals surface area contributed by atoms with Crippen molar-refractivity contribution in [2.45, 2.75) is 24.9 Å². The van der Waals surface area contributed by atoms with Crippen molar-refractivity contribution in [3.63, 3.8) is 0 Å². The van der Waals surface area contributed by atoms with Crippen LogP contribution in [0, 0.1) is 0 Å². The van der Waals surface area contributed by atoms with Crippen molar-refractivity contribution in [3.8, 4) is 5.75 Å². The normalized spacial score (nSPS) is 22.8. The van der Waals surface area contributed by atoms with Crippen molar-refractivity contribution >= 4 is 5.91 Å². The molecule has 0 radical (unpaired) electrons. The van der Waals surface area contributed by atoms with Crippen molar-refractivity contribution in [1.29, 1.82) is 0 Å². The molecule has 5 nitrogen and oxygen atoms in total. The third-order valence-electron chi connectivity index (χ3n) is 3.73. The van der Waals surface area contributed by atoms with Crippen LogP contribution in [0.2, 0.25) is 0 Å². The van der Waals surface area contributed by atoms with Crippen molar-refractivity contribution in [3.05, 3.63) is 29.8 Å². The molecule has 1 aliphatic heterocycles. The molecule has 3 N–H and O–H groups in total. The first kappa shape index (κ1) is 14.8. The number of carbonyl (C=O) groups is 1. The second-order valence-electron chi connectivity index (χ2n) is 5.34. The maximum atomic E-state index is 12.1. The van der Waals surface area contributed by atoms with Crippen LogP contribution in [0.3, 0.4) is 0 Å². The van der Waals surface area contributed by atoms with Gasteiger partial charge in [-0.2, -0.15) is 0 Å². The Morgan fingerprint density at radius 1 is 1.55 bits per heavy atom. The summed E-state index contributed by atoms with van der Waals surface area (Å²) >= 11 is 0. The summed E-state index contributed by atoms with van der Waals surface area (Å²) in [4.78, 5) is 14.1. The molecule has 1 aromatic carbocycles. The molecule has 1 fully saturated rings. The third kappa shape index (κ3) is 3.71. The molecule has 110 valence electrons. The number of carbonyl (C=O) groups excluding carboxylic acids is 1.